The van der Waals surface area contributed by atoms with Gasteiger partial charge >= 0.3 is 5.97 Å². The summed E-state index contributed by atoms with van der Waals surface area (Å²) in [5.41, 5.74) is 29.0. The number of amides is 11. The highest BCUT2D eigenvalue weighted by Crippen LogP contribution is 2.30. The van der Waals surface area contributed by atoms with Crippen molar-refractivity contribution < 1.29 is 72.9 Å². The number of guanidine groups is 2. The van der Waals surface area contributed by atoms with Gasteiger partial charge in [-0.1, -0.05) is 101 Å². The summed E-state index contributed by atoms with van der Waals surface area (Å²) in [6.07, 6.45) is 2.57. The van der Waals surface area contributed by atoms with Crippen LogP contribution in [0.3, 0.4) is 0 Å². The maximum absolute atomic E-state index is 14.7. The summed E-state index contributed by atoms with van der Waals surface area (Å²) in [4.78, 5) is 177. The van der Waals surface area contributed by atoms with Crippen LogP contribution in [0.5, 0.6) is 0 Å². The zero-order valence-electron chi connectivity index (χ0n) is 55.2. The van der Waals surface area contributed by atoms with Crippen molar-refractivity contribution in [3.05, 3.63) is 71.8 Å². The summed E-state index contributed by atoms with van der Waals surface area (Å²) in [5.74, 6) is -10.4. The van der Waals surface area contributed by atoms with Crippen LogP contribution in [0.2, 0.25) is 0 Å². The molecule has 0 aliphatic carbocycles. The van der Waals surface area contributed by atoms with E-state index in [4.69, 9.17) is 28.7 Å². The lowest BCUT2D eigenvalue weighted by Gasteiger charge is -2.33. The summed E-state index contributed by atoms with van der Waals surface area (Å²) in [6.45, 7) is 4.07. The molecule has 3 aliphatic rings. The van der Waals surface area contributed by atoms with Crippen LogP contribution in [0.15, 0.2) is 70.6 Å². The lowest BCUT2D eigenvalue weighted by atomic mass is 10.00. The van der Waals surface area contributed by atoms with Crippen LogP contribution < -0.4 is 65.9 Å². The number of likely N-dealkylation sites (tertiary alicyclic amines) is 3. The van der Waals surface area contributed by atoms with Gasteiger partial charge in [0, 0.05) is 64.2 Å². The number of imide groups is 1. The first-order valence-corrected chi connectivity index (χ1v) is 33.9. The zero-order chi connectivity index (χ0) is 71.3. The van der Waals surface area contributed by atoms with Crippen molar-refractivity contribution >= 4 is 94.6 Å². The molecule has 0 radical (unpaired) electrons. The molecule has 11 atom stereocenters. The van der Waals surface area contributed by atoms with Gasteiger partial charge in [0.1, 0.15) is 48.3 Å². The Morgan fingerprint density at radius 2 is 1.21 bits per heavy atom. The molecular formula is C64H97N17O15S. The standard InChI is InChI=1S/C64H97N17O15S/c1-4-5-6-13-26-80-52(85)32-50(61(80)94)97-36-47(78-53(86)41(65)21-14-24-70-63(66)67)59(92)79-27-16-23-48(79)60(93)81-34-40(83)31-49(81)58(91)72-33-51(84)73-44(29-38-17-9-7-10-18-38)55(88)77-46(35-82)57(90)76-45(30-39-19-11-8-12-20-39)56(89)75-43(28-37(2)3)54(87)74-42(62(95)96)22-15-25-71-64(68)69/h7-12,17-20,37,40-50,82-83H,4-6,13-16,21-36,65H2,1-3H3,(H,72,91)(H,73,84)(H,74,87)(H,75,89)(H,76,90)(H,77,88)(H,78,86)(H,95,96)(H4,66,67,70)(H4,68,69,71)/t40-,41-,42+,43+,44+,45-,46+,47+,48+,49+,50?/m1/s1. The minimum absolute atomic E-state index is 0.0497. The maximum atomic E-state index is 14.7. The van der Waals surface area contributed by atoms with E-state index in [2.05, 4.69) is 47.2 Å². The molecular weight excluding hydrogens is 1280 g/mol. The Labute approximate surface area is 568 Å². The third-order valence-electron chi connectivity index (χ3n) is 16.5. The van der Waals surface area contributed by atoms with Gasteiger partial charge in [0.15, 0.2) is 11.9 Å². The Morgan fingerprint density at radius 1 is 0.660 bits per heavy atom. The van der Waals surface area contributed by atoms with Gasteiger partial charge in [0.05, 0.1) is 30.5 Å². The number of aliphatic hydroxyl groups excluding tert-OH is 2. The lowest BCUT2D eigenvalue weighted by molar-refractivity contribution is -0.147. The monoisotopic (exact) mass is 1380 g/mol. The smallest absolute Gasteiger partial charge is 0.326 e. The number of unbranched alkanes of at least 4 members (excludes halogenated alkanes) is 3. The number of nitrogens with one attached hydrogen (secondary N) is 7. The molecule has 0 bridgehead atoms. The number of aliphatic carboxylic acids is 1. The molecule has 1 unspecified atom stereocenters. The van der Waals surface area contributed by atoms with Crippen molar-refractivity contribution in [3.63, 3.8) is 0 Å². The van der Waals surface area contributed by atoms with Gasteiger partial charge in [0.2, 0.25) is 65.0 Å². The molecule has 97 heavy (non-hydrogen) atoms. The van der Waals surface area contributed by atoms with E-state index >= 15 is 0 Å². The second kappa shape index (κ2) is 39.9. The fourth-order valence-electron chi connectivity index (χ4n) is 11.4. The van der Waals surface area contributed by atoms with Crippen LogP contribution in [0.1, 0.15) is 115 Å². The van der Waals surface area contributed by atoms with Crippen molar-refractivity contribution in [1.82, 2.24) is 51.9 Å². The number of hydrogen-bond acceptors (Lipinski definition) is 18. The lowest BCUT2D eigenvalue weighted by Crippen LogP contribution is -2.60. The van der Waals surface area contributed by atoms with E-state index in [1.807, 2.05) is 6.92 Å². The molecule has 20 N–H and O–H groups in total. The average Bonchev–Trinajstić information content (AvgIpc) is 1.70. The number of benzene rings is 2. The topological polar surface area (TPSA) is 514 Å². The Bertz CT molecular complexity index is 3090. The summed E-state index contributed by atoms with van der Waals surface area (Å²) in [5, 5.41) is 48.5. The molecule has 0 saturated carbocycles. The molecule has 3 fully saturated rings. The number of aliphatic hydroxyl groups is 2. The van der Waals surface area contributed by atoms with Gasteiger partial charge < -0.3 is 91.0 Å². The highest BCUT2D eigenvalue weighted by molar-refractivity contribution is 8.00. The van der Waals surface area contributed by atoms with Crippen LogP contribution in [0, 0.1) is 5.92 Å². The molecule has 33 heteroatoms. The van der Waals surface area contributed by atoms with Crippen LogP contribution in [-0.2, 0) is 70.4 Å². The normalized spacial score (nSPS) is 18.9. The molecule has 0 aromatic heterocycles. The van der Waals surface area contributed by atoms with Crippen LogP contribution >= 0.6 is 11.8 Å². The second-order valence-corrected chi connectivity index (χ2v) is 26.0. The Hall–Kier alpha value is -8.95. The molecule has 0 spiro atoms. The molecule has 11 amide bonds. The first-order chi connectivity index (χ1) is 46.2. The van der Waals surface area contributed by atoms with Gasteiger partial charge in [-0.25, -0.2) is 4.79 Å². The molecule has 3 saturated heterocycles. The molecule has 3 aliphatic heterocycles. The predicted molar refractivity (Wildman–Crippen MR) is 359 cm³/mol. The molecule has 32 nitrogen and oxygen atoms in total. The number of carboxylic acid groups (broad SMARTS) is 1. The number of thioether (sulfide) groups is 1. The van der Waals surface area contributed by atoms with Crippen LogP contribution in [0.4, 0.5) is 0 Å². The first kappa shape index (κ1) is 78.7. The summed E-state index contributed by atoms with van der Waals surface area (Å²) in [7, 11) is 0. The van der Waals surface area contributed by atoms with Gasteiger partial charge in [-0.05, 0) is 68.4 Å². The third kappa shape index (κ3) is 25.5. The number of nitrogens with zero attached hydrogens (tertiary/aromatic N) is 5. The van der Waals surface area contributed by atoms with E-state index in [-0.39, 0.29) is 120 Å². The number of nitrogens with two attached hydrogens (primary N) is 5. The van der Waals surface area contributed by atoms with Crippen molar-refractivity contribution in [3.8, 4) is 0 Å². The predicted octanol–water partition coefficient (Wildman–Crippen LogP) is -3.55. The minimum atomic E-state index is -1.74. The van der Waals surface area contributed by atoms with E-state index in [1.54, 1.807) is 74.5 Å². The quantitative estimate of drug-likeness (QED) is 0.0133. The molecule has 5 rings (SSSR count). The SMILES string of the molecule is CCCCCCN1C(=O)CC(SC[C@H](NC(=O)[C@H](N)CCCN=C(N)N)C(=O)N2CCC[C@H]2C(=O)N2C[C@H](O)C[C@H]2C(=O)NCC(=O)N[C@@H](Cc2ccccc2)C(=O)N[C@@H](CO)C(=O)N[C@H](Cc2ccccc2)C(=O)N[C@@H](CC(C)C)C(=O)N[C@@H](CCCN=C(N)N)C(=O)O)C1=O. The number of carbonyl (C=O) groups is 12. The zero-order valence-corrected chi connectivity index (χ0v) is 56.1. The summed E-state index contributed by atoms with van der Waals surface area (Å²) >= 11 is 1.02. The number of carboxylic acids is 1. The molecule has 2 aromatic rings. The molecule has 3 heterocycles. The van der Waals surface area contributed by atoms with E-state index in [0.717, 1.165) is 35.9 Å². The second-order valence-electron chi connectivity index (χ2n) is 24.7. The first-order valence-electron chi connectivity index (χ1n) is 32.8. The highest BCUT2D eigenvalue weighted by atomic mass is 32.2. The van der Waals surface area contributed by atoms with E-state index in [0.29, 0.717) is 30.4 Å². The average molecular weight is 1380 g/mol. The fourth-order valence-corrected chi connectivity index (χ4v) is 12.6. The number of rotatable bonds is 40. The fraction of sp³-hybridized carbons (Fsp3) is 0.594. The van der Waals surface area contributed by atoms with Crippen molar-refractivity contribution in [2.24, 2.45) is 44.6 Å². The molecule has 2 aromatic carbocycles. The highest BCUT2D eigenvalue weighted by Gasteiger charge is 2.47. The van der Waals surface area contributed by atoms with Crippen molar-refractivity contribution in [2.45, 2.75) is 183 Å². The van der Waals surface area contributed by atoms with Crippen LogP contribution in [0.25, 0.3) is 0 Å². The van der Waals surface area contributed by atoms with E-state index in [1.165, 1.54) is 9.80 Å². The largest absolute Gasteiger partial charge is 0.480 e. The van der Waals surface area contributed by atoms with Crippen LogP contribution in [-0.4, -0.2) is 230 Å². The summed E-state index contributed by atoms with van der Waals surface area (Å²) < 4.78 is 0. The van der Waals surface area contributed by atoms with Gasteiger partial charge in [-0.2, -0.15) is 0 Å². The number of aliphatic imine (C=N–C) groups is 2. The van der Waals surface area contributed by atoms with Gasteiger partial charge in [0.25, 0.3) is 0 Å². The van der Waals surface area contributed by atoms with E-state index in [9.17, 15) is 72.9 Å². The minimum Gasteiger partial charge on any atom is -0.480 e. The summed E-state index contributed by atoms with van der Waals surface area (Å²) in [6, 6.07) is 4.54. The van der Waals surface area contributed by atoms with Gasteiger partial charge in [-0.15, -0.1) is 11.8 Å². The maximum Gasteiger partial charge on any atom is 0.326 e. The Kier molecular flexibility index (Phi) is 32.4. The Morgan fingerprint density at radius 3 is 1.78 bits per heavy atom. The number of β-amino-alcohol motifs (C(OH)–C–C–N with tert-alkyl or cyclic N) is 1. The van der Waals surface area contributed by atoms with E-state index < -0.39 is 144 Å². The van der Waals surface area contributed by atoms with Crippen molar-refractivity contribution in [2.75, 3.05) is 51.6 Å². The third-order valence-corrected chi connectivity index (χ3v) is 17.8. The number of carbonyl (C=O) groups excluding carboxylic acids is 11. The Balaban J connectivity index is 1.27. The van der Waals surface area contributed by atoms with Gasteiger partial charge in [-0.3, -0.25) is 67.6 Å². The van der Waals surface area contributed by atoms with Crippen molar-refractivity contribution in [1.29, 1.82) is 0 Å². The number of hydrogen-bond donors (Lipinski definition) is 15. The molecule has 534 valence electrons.